The highest BCUT2D eigenvalue weighted by atomic mass is 32.2. The number of nitrogens with one attached hydrogen (secondary N) is 2. The molecule has 4 aromatic rings. The third-order valence-corrected chi connectivity index (χ3v) is 5.38. The number of benzene rings is 3. The van der Waals surface area contributed by atoms with Gasteiger partial charge in [-0.2, -0.15) is 0 Å². The van der Waals surface area contributed by atoms with Crippen LogP contribution in [0.2, 0.25) is 0 Å². The molecule has 0 aliphatic carbocycles. The van der Waals surface area contributed by atoms with Crippen LogP contribution in [-0.2, 0) is 16.6 Å². The molecule has 0 spiro atoms. The van der Waals surface area contributed by atoms with Crippen molar-refractivity contribution < 1.29 is 17.6 Å². The van der Waals surface area contributed by atoms with Gasteiger partial charge in [-0.3, -0.25) is 9.52 Å². The Kier molecular flexibility index (Phi) is 4.76. The molecule has 0 aliphatic rings. The lowest BCUT2D eigenvalue weighted by atomic mass is 10.1. The van der Waals surface area contributed by atoms with Crippen molar-refractivity contribution in [2.45, 2.75) is 13.5 Å². The Hall–Kier alpha value is -3.32. The summed E-state index contributed by atoms with van der Waals surface area (Å²) >= 11 is 0. The largest absolute Gasteiger partial charge is 0.450 e. The number of carbonyl (C=O) groups excluding carboxylic acids is 1. The number of sulfonamides is 1. The van der Waals surface area contributed by atoms with Crippen LogP contribution in [0.5, 0.6) is 0 Å². The number of hydrogen-bond acceptors (Lipinski definition) is 4. The first-order chi connectivity index (χ1) is 13.8. The van der Waals surface area contributed by atoms with Gasteiger partial charge in [0.25, 0.3) is 5.91 Å². The molecule has 3 aromatic carbocycles. The standard InChI is InChI=1S/C22H20N2O4S/c1-14-17-12-11-15-7-3-5-9-18(15)21(17)28-20(14)22(25)23-13-16-8-4-6-10-19(16)24-29(2,26)27/h3-12,24H,13H2,1-2H3,(H,23,25). The van der Waals surface area contributed by atoms with E-state index < -0.39 is 10.0 Å². The fourth-order valence-corrected chi connectivity index (χ4v) is 3.99. The van der Waals surface area contributed by atoms with Gasteiger partial charge < -0.3 is 9.73 Å². The molecule has 6 nitrogen and oxygen atoms in total. The highest BCUT2D eigenvalue weighted by Crippen LogP contribution is 2.31. The minimum atomic E-state index is -3.42. The SMILES string of the molecule is Cc1c(C(=O)NCc2ccccc2NS(C)(=O)=O)oc2c1ccc1ccccc12. The predicted molar refractivity (Wildman–Crippen MR) is 115 cm³/mol. The second-order valence-corrected chi connectivity index (χ2v) is 8.68. The molecule has 0 aliphatic heterocycles. The first-order valence-electron chi connectivity index (χ1n) is 9.08. The summed E-state index contributed by atoms with van der Waals surface area (Å²) in [6.45, 7) is 2.02. The van der Waals surface area contributed by atoms with Crippen LogP contribution >= 0.6 is 0 Å². The Morgan fingerprint density at radius 1 is 0.966 bits per heavy atom. The van der Waals surface area contributed by atoms with Gasteiger partial charge >= 0.3 is 0 Å². The van der Waals surface area contributed by atoms with Gasteiger partial charge in [-0.05, 0) is 23.9 Å². The van der Waals surface area contributed by atoms with E-state index in [-0.39, 0.29) is 18.2 Å². The molecule has 29 heavy (non-hydrogen) atoms. The van der Waals surface area contributed by atoms with Crippen molar-refractivity contribution in [3.8, 4) is 0 Å². The second kappa shape index (κ2) is 7.25. The molecular formula is C22H20N2O4S. The van der Waals surface area contributed by atoms with Gasteiger partial charge in [-0.15, -0.1) is 0 Å². The Morgan fingerprint density at radius 2 is 1.69 bits per heavy atom. The smallest absolute Gasteiger partial charge is 0.287 e. The number of carbonyl (C=O) groups is 1. The second-order valence-electron chi connectivity index (χ2n) is 6.93. The van der Waals surface area contributed by atoms with Crippen molar-refractivity contribution in [3.63, 3.8) is 0 Å². The molecule has 1 heterocycles. The van der Waals surface area contributed by atoms with Gasteiger partial charge in [0.2, 0.25) is 10.0 Å². The minimum absolute atomic E-state index is 0.161. The molecule has 0 saturated carbocycles. The monoisotopic (exact) mass is 408 g/mol. The number of rotatable bonds is 5. The molecule has 1 aromatic heterocycles. The van der Waals surface area contributed by atoms with Crippen LogP contribution in [-0.4, -0.2) is 20.6 Å². The van der Waals surface area contributed by atoms with Crippen LogP contribution in [0, 0.1) is 6.92 Å². The molecule has 2 N–H and O–H groups in total. The quantitative estimate of drug-likeness (QED) is 0.518. The number of anilines is 1. The van der Waals surface area contributed by atoms with Crippen molar-refractivity contribution in [2.75, 3.05) is 11.0 Å². The molecule has 7 heteroatoms. The Labute approximate surface area is 168 Å². The van der Waals surface area contributed by atoms with Crippen molar-refractivity contribution in [2.24, 2.45) is 0 Å². The van der Waals surface area contributed by atoms with Crippen LogP contribution in [0.25, 0.3) is 21.7 Å². The summed E-state index contributed by atoms with van der Waals surface area (Å²) in [6.07, 6.45) is 1.09. The topological polar surface area (TPSA) is 88.4 Å². The molecule has 148 valence electrons. The number of fused-ring (bicyclic) bond motifs is 3. The molecule has 4 rings (SSSR count). The molecular weight excluding hydrogens is 388 g/mol. The van der Waals surface area contributed by atoms with E-state index in [2.05, 4.69) is 10.0 Å². The summed E-state index contributed by atoms with van der Waals surface area (Å²) in [5.74, 6) is -0.0955. The van der Waals surface area contributed by atoms with E-state index in [0.29, 0.717) is 16.8 Å². The zero-order valence-corrected chi connectivity index (χ0v) is 16.8. The van der Waals surface area contributed by atoms with Gasteiger partial charge in [0.15, 0.2) is 5.76 Å². The molecule has 0 fully saturated rings. The van der Waals surface area contributed by atoms with Crippen molar-refractivity contribution in [1.29, 1.82) is 0 Å². The van der Waals surface area contributed by atoms with E-state index >= 15 is 0 Å². The van der Waals surface area contributed by atoms with Crippen LogP contribution in [0.3, 0.4) is 0 Å². The number of furan rings is 1. The van der Waals surface area contributed by atoms with Crippen LogP contribution < -0.4 is 10.0 Å². The summed E-state index contributed by atoms with van der Waals surface area (Å²) in [5, 5.41) is 5.72. The van der Waals surface area contributed by atoms with Gasteiger partial charge in [0, 0.05) is 22.9 Å². The van der Waals surface area contributed by atoms with Crippen LogP contribution in [0.15, 0.2) is 65.1 Å². The lowest BCUT2D eigenvalue weighted by Gasteiger charge is -2.11. The molecule has 0 bridgehead atoms. The highest BCUT2D eigenvalue weighted by molar-refractivity contribution is 7.92. The number of hydrogen-bond donors (Lipinski definition) is 2. The maximum absolute atomic E-state index is 12.8. The van der Waals surface area contributed by atoms with E-state index in [1.54, 1.807) is 24.3 Å². The molecule has 0 radical (unpaired) electrons. The van der Waals surface area contributed by atoms with Crippen molar-refractivity contribution in [3.05, 3.63) is 77.6 Å². The van der Waals surface area contributed by atoms with Crippen LogP contribution in [0.4, 0.5) is 5.69 Å². The summed E-state index contributed by atoms with van der Waals surface area (Å²) in [5.41, 5.74) is 2.55. The highest BCUT2D eigenvalue weighted by Gasteiger charge is 2.19. The van der Waals surface area contributed by atoms with E-state index in [0.717, 1.165) is 28.0 Å². The minimum Gasteiger partial charge on any atom is -0.450 e. The van der Waals surface area contributed by atoms with Crippen molar-refractivity contribution >= 4 is 43.4 Å². The average Bonchev–Trinajstić information content (AvgIpc) is 3.03. The Morgan fingerprint density at radius 3 is 2.48 bits per heavy atom. The van der Waals surface area contributed by atoms with Gasteiger partial charge in [0.05, 0.1) is 11.9 Å². The number of amides is 1. The van der Waals surface area contributed by atoms with Crippen molar-refractivity contribution in [1.82, 2.24) is 5.32 Å². The van der Waals surface area contributed by atoms with E-state index in [1.165, 1.54) is 0 Å². The fraction of sp³-hybridized carbons (Fsp3) is 0.136. The number of para-hydroxylation sites is 1. The maximum Gasteiger partial charge on any atom is 0.287 e. The first kappa shape index (κ1) is 19.0. The lowest BCUT2D eigenvalue weighted by molar-refractivity contribution is 0.0924. The molecule has 0 saturated heterocycles. The van der Waals surface area contributed by atoms with E-state index in [1.807, 2.05) is 43.3 Å². The molecule has 0 unspecified atom stereocenters. The summed E-state index contributed by atoms with van der Waals surface area (Å²) < 4.78 is 31.5. The summed E-state index contributed by atoms with van der Waals surface area (Å²) in [4.78, 5) is 12.8. The maximum atomic E-state index is 12.8. The first-order valence-corrected chi connectivity index (χ1v) is 11.0. The summed E-state index contributed by atoms with van der Waals surface area (Å²) in [7, 11) is -3.42. The van der Waals surface area contributed by atoms with Crippen LogP contribution in [0.1, 0.15) is 21.7 Å². The summed E-state index contributed by atoms with van der Waals surface area (Å²) in [6, 6.07) is 18.8. The normalized spacial score (nSPS) is 11.7. The number of aryl methyl sites for hydroxylation is 1. The Bertz CT molecular complexity index is 1340. The molecule has 0 atom stereocenters. The predicted octanol–water partition coefficient (Wildman–Crippen LogP) is 4.20. The van der Waals surface area contributed by atoms with E-state index in [4.69, 9.17) is 4.42 Å². The average molecular weight is 408 g/mol. The fourth-order valence-electron chi connectivity index (χ4n) is 3.40. The third-order valence-electron chi connectivity index (χ3n) is 4.79. The van der Waals surface area contributed by atoms with Gasteiger partial charge in [-0.1, -0.05) is 54.6 Å². The van der Waals surface area contributed by atoms with E-state index in [9.17, 15) is 13.2 Å². The molecule has 1 amide bonds. The zero-order valence-electron chi connectivity index (χ0n) is 16.0. The third kappa shape index (κ3) is 3.82. The lowest BCUT2D eigenvalue weighted by Crippen LogP contribution is -2.24. The zero-order chi connectivity index (χ0) is 20.6. The Balaban J connectivity index is 1.62. The van der Waals surface area contributed by atoms with Gasteiger partial charge in [0.1, 0.15) is 5.58 Å². The van der Waals surface area contributed by atoms with Gasteiger partial charge in [-0.25, -0.2) is 8.42 Å².